The number of anilines is 2. The van der Waals surface area contributed by atoms with Crippen LogP contribution in [0, 0.1) is 12.8 Å². The molecule has 0 bridgehead atoms. The van der Waals surface area contributed by atoms with E-state index in [1.807, 2.05) is 24.3 Å². The highest BCUT2D eigenvalue weighted by atomic mass is 16.6. The zero-order chi connectivity index (χ0) is 28.0. The van der Waals surface area contributed by atoms with Crippen molar-refractivity contribution in [1.29, 1.82) is 0 Å². The summed E-state index contributed by atoms with van der Waals surface area (Å²) in [5.74, 6) is -0.894. The van der Waals surface area contributed by atoms with Crippen LogP contribution in [-0.2, 0) is 25.7 Å². The third-order valence-electron chi connectivity index (χ3n) is 6.13. The number of likely N-dealkylation sites (tertiary alicyclic amines) is 1. The molecule has 0 radical (unpaired) electrons. The van der Waals surface area contributed by atoms with E-state index in [0.717, 1.165) is 24.0 Å². The highest BCUT2D eigenvalue weighted by Crippen LogP contribution is 2.33. The normalized spacial score (nSPS) is 17.4. The smallest absolute Gasteiger partial charge is 0.413 e. The first-order chi connectivity index (χ1) is 17.8. The van der Waals surface area contributed by atoms with E-state index in [1.165, 1.54) is 13.1 Å². The standard InChI is InChI=1S/C28H37N5O5/c1-17-7-12-23(21-10-8-20(9-11-21)14-29-19(3)34)33(16-17)26(36)25(35)31-22-13-18(2)24(30-15-22)32-27(37)38-28(4,5)6/h8-11,13,15,17,23H,7,12,14,16H2,1-6H3,(H,29,34)(H,31,35)(H,30,32,37)/t17-,23+/m0/s1. The van der Waals surface area contributed by atoms with Gasteiger partial charge in [-0.2, -0.15) is 0 Å². The van der Waals surface area contributed by atoms with E-state index in [9.17, 15) is 19.2 Å². The number of nitrogens with one attached hydrogen (secondary N) is 3. The van der Waals surface area contributed by atoms with Gasteiger partial charge in [0.1, 0.15) is 11.4 Å². The second kappa shape index (κ2) is 12.1. The maximum Gasteiger partial charge on any atom is 0.413 e. The SMILES string of the molecule is CC(=O)NCc1ccc([C@H]2CC[C@H](C)CN2C(=O)C(=O)Nc2cnc(NC(=O)OC(C)(C)C)c(C)c2)cc1. The minimum atomic E-state index is -0.750. The number of nitrogens with zero attached hydrogens (tertiary/aromatic N) is 2. The van der Waals surface area contributed by atoms with Gasteiger partial charge in [-0.15, -0.1) is 0 Å². The van der Waals surface area contributed by atoms with Gasteiger partial charge in [0.25, 0.3) is 0 Å². The fraction of sp³-hybridized carbons (Fsp3) is 0.464. The van der Waals surface area contributed by atoms with Gasteiger partial charge in [0.15, 0.2) is 0 Å². The second-order valence-corrected chi connectivity index (χ2v) is 10.8. The van der Waals surface area contributed by atoms with E-state index >= 15 is 0 Å². The van der Waals surface area contributed by atoms with E-state index in [0.29, 0.717) is 30.2 Å². The number of carbonyl (C=O) groups is 4. The number of benzene rings is 1. The quantitative estimate of drug-likeness (QED) is 0.501. The Morgan fingerprint density at radius 2 is 1.76 bits per heavy atom. The van der Waals surface area contributed by atoms with Gasteiger partial charge in [-0.3, -0.25) is 19.7 Å². The number of carbonyl (C=O) groups excluding carboxylic acids is 4. The Hall–Kier alpha value is -3.95. The van der Waals surface area contributed by atoms with Crippen LogP contribution in [-0.4, -0.2) is 45.8 Å². The molecule has 0 unspecified atom stereocenters. The maximum atomic E-state index is 13.3. The molecule has 2 aromatic rings. The molecule has 38 heavy (non-hydrogen) atoms. The Balaban J connectivity index is 1.68. The zero-order valence-corrected chi connectivity index (χ0v) is 22.9. The minimum Gasteiger partial charge on any atom is -0.444 e. The lowest BCUT2D eigenvalue weighted by Gasteiger charge is -2.38. The Kier molecular flexibility index (Phi) is 9.08. The average Bonchev–Trinajstić information content (AvgIpc) is 2.83. The molecule has 0 spiro atoms. The largest absolute Gasteiger partial charge is 0.444 e. The topological polar surface area (TPSA) is 130 Å². The van der Waals surface area contributed by atoms with Crippen LogP contribution in [0.4, 0.5) is 16.3 Å². The summed E-state index contributed by atoms with van der Waals surface area (Å²) in [6.07, 6.45) is 2.44. The second-order valence-electron chi connectivity index (χ2n) is 10.8. The molecular formula is C28H37N5O5. The van der Waals surface area contributed by atoms with Crippen LogP contribution >= 0.6 is 0 Å². The first-order valence-corrected chi connectivity index (χ1v) is 12.7. The molecule has 1 aromatic carbocycles. The van der Waals surface area contributed by atoms with Crippen molar-refractivity contribution in [1.82, 2.24) is 15.2 Å². The highest BCUT2D eigenvalue weighted by Gasteiger charge is 2.34. The highest BCUT2D eigenvalue weighted by molar-refractivity contribution is 6.39. The first-order valence-electron chi connectivity index (χ1n) is 12.7. The van der Waals surface area contributed by atoms with Crippen LogP contribution in [0.25, 0.3) is 0 Å². The van der Waals surface area contributed by atoms with Gasteiger partial charge in [0.2, 0.25) is 5.91 Å². The van der Waals surface area contributed by atoms with E-state index in [1.54, 1.807) is 38.7 Å². The number of pyridine rings is 1. The van der Waals surface area contributed by atoms with Crippen molar-refractivity contribution < 1.29 is 23.9 Å². The molecule has 0 saturated carbocycles. The number of amides is 4. The number of aromatic nitrogens is 1. The summed E-state index contributed by atoms with van der Waals surface area (Å²) in [4.78, 5) is 55.3. The van der Waals surface area contributed by atoms with Gasteiger partial charge in [0, 0.05) is 20.0 Å². The summed E-state index contributed by atoms with van der Waals surface area (Å²) < 4.78 is 5.25. The monoisotopic (exact) mass is 523 g/mol. The van der Waals surface area contributed by atoms with Gasteiger partial charge < -0.3 is 20.3 Å². The molecule has 1 aliphatic heterocycles. The van der Waals surface area contributed by atoms with Crippen molar-refractivity contribution >= 4 is 35.3 Å². The first kappa shape index (κ1) is 28.6. The van der Waals surface area contributed by atoms with Crippen LogP contribution in [0.5, 0.6) is 0 Å². The van der Waals surface area contributed by atoms with Gasteiger partial charge in [0.05, 0.1) is 17.9 Å². The van der Waals surface area contributed by atoms with E-state index in [-0.39, 0.29) is 17.9 Å². The maximum absolute atomic E-state index is 13.3. The van der Waals surface area contributed by atoms with Gasteiger partial charge in [-0.25, -0.2) is 9.78 Å². The lowest BCUT2D eigenvalue weighted by Crippen LogP contribution is -2.46. The van der Waals surface area contributed by atoms with Gasteiger partial charge >= 0.3 is 17.9 Å². The molecule has 2 atom stereocenters. The van der Waals surface area contributed by atoms with Crippen molar-refractivity contribution in [3.05, 3.63) is 53.2 Å². The summed E-state index contributed by atoms with van der Waals surface area (Å²) in [5, 5.41) is 8.00. The average molecular weight is 524 g/mol. The van der Waals surface area contributed by atoms with Crippen molar-refractivity contribution in [2.75, 3.05) is 17.2 Å². The molecule has 10 nitrogen and oxygen atoms in total. The van der Waals surface area contributed by atoms with Crippen molar-refractivity contribution in [2.24, 2.45) is 5.92 Å². The predicted octanol–water partition coefficient (Wildman–Crippen LogP) is 4.31. The lowest BCUT2D eigenvalue weighted by atomic mass is 9.89. The number of ether oxygens (including phenoxy) is 1. The number of aryl methyl sites for hydroxylation is 1. The van der Waals surface area contributed by atoms with E-state index in [2.05, 4.69) is 27.9 Å². The van der Waals surface area contributed by atoms with Crippen molar-refractivity contribution in [2.45, 2.75) is 72.6 Å². The molecular weight excluding hydrogens is 486 g/mol. The van der Waals surface area contributed by atoms with E-state index < -0.39 is 23.5 Å². The summed E-state index contributed by atoms with van der Waals surface area (Å²) >= 11 is 0. The van der Waals surface area contributed by atoms with Crippen LogP contribution in [0.15, 0.2) is 36.5 Å². The van der Waals surface area contributed by atoms with E-state index in [4.69, 9.17) is 4.74 Å². The Morgan fingerprint density at radius 3 is 2.37 bits per heavy atom. The molecule has 204 valence electrons. The molecule has 3 N–H and O–H groups in total. The third-order valence-corrected chi connectivity index (χ3v) is 6.13. The van der Waals surface area contributed by atoms with Crippen LogP contribution < -0.4 is 16.0 Å². The predicted molar refractivity (Wildman–Crippen MR) is 144 cm³/mol. The molecule has 4 amide bonds. The molecule has 0 aliphatic carbocycles. The number of hydrogen-bond donors (Lipinski definition) is 3. The van der Waals surface area contributed by atoms with Crippen molar-refractivity contribution in [3.63, 3.8) is 0 Å². The third kappa shape index (κ3) is 8.03. The molecule has 2 heterocycles. The van der Waals surface area contributed by atoms with Crippen LogP contribution in [0.1, 0.15) is 70.2 Å². The summed E-state index contributed by atoms with van der Waals surface area (Å²) in [7, 11) is 0. The van der Waals surface area contributed by atoms with Gasteiger partial charge in [-0.05, 0) is 69.2 Å². The molecule has 1 saturated heterocycles. The Bertz CT molecular complexity index is 1190. The minimum absolute atomic E-state index is 0.0996. The molecule has 3 rings (SSSR count). The fourth-order valence-corrected chi connectivity index (χ4v) is 4.30. The van der Waals surface area contributed by atoms with Crippen LogP contribution in [0.3, 0.4) is 0 Å². The summed E-state index contributed by atoms with van der Waals surface area (Å²) in [6, 6.07) is 9.15. The van der Waals surface area contributed by atoms with Gasteiger partial charge in [-0.1, -0.05) is 31.2 Å². The summed E-state index contributed by atoms with van der Waals surface area (Å²) in [5.41, 5.74) is 2.20. The lowest BCUT2D eigenvalue weighted by molar-refractivity contribution is -0.146. The Morgan fingerprint density at radius 1 is 1.08 bits per heavy atom. The number of rotatable bonds is 5. The summed E-state index contributed by atoms with van der Waals surface area (Å²) in [6.45, 7) is 11.5. The zero-order valence-electron chi connectivity index (χ0n) is 22.9. The molecule has 10 heteroatoms. The van der Waals surface area contributed by atoms with Crippen LogP contribution in [0.2, 0.25) is 0 Å². The number of piperidine rings is 1. The van der Waals surface area contributed by atoms with Crippen molar-refractivity contribution in [3.8, 4) is 0 Å². The molecule has 1 aliphatic rings. The fourth-order valence-electron chi connectivity index (χ4n) is 4.30. The molecule has 1 fully saturated rings. The number of hydrogen-bond acceptors (Lipinski definition) is 6. The Labute approximate surface area is 223 Å². The molecule has 1 aromatic heterocycles.